The minimum Gasteiger partial charge on any atom is -0.472 e. The van der Waals surface area contributed by atoms with Crippen molar-refractivity contribution in [3.05, 3.63) is 81.5 Å². The van der Waals surface area contributed by atoms with Gasteiger partial charge in [0.25, 0.3) is 0 Å². The largest absolute Gasteiger partial charge is 0.472 e. The second-order valence-electron chi connectivity index (χ2n) is 8.39. The number of ether oxygens (including phenoxy) is 1. The summed E-state index contributed by atoms with van der Waals surface area (Å²) >= 11 is 3.51. The van der Waals surface area contributed by atoms with Crippen molar-refractivity contribution < 1.29 is 13.5 Å². The van der Waals surface area contributed by atoms with E-state index in [1.807, 2.05) is 13.1 Å². The van der Waals surface area contributed by atoms with Gasteiger partial charge in [-0.15, -0.1) is 0 Å². The molecule has 4 rings (SSSR count). The summed E-state index contributed by atoms with van der Waals surface area (Å²) in [5.41, 5.74) is 2.85. The normalized spacial score (nSPS) is 19.5. The molecule has 1 atom stereocenters. The average Bonchev–Trinajstić information content (AvgIpc) is 2.78. The molecule has 0 amide bonds. The van der Waals surface area contributed by atoms with Crippen LogP contribution in [0.25, 0.3) is 0 Å². The summed E-state index contributed by atoms with van der Waals surface area (Å²) in [4.78, 5) is 9.25. The molecule has 4 nitrogen and oxygen atoms in total. The molecule has 1 saturated heterocycles. The molecule has 0 aromatic heterocycles. The Bertz CT molecular complexity index is 987. The first-order chi connectivity index (χ1) is 15.5. The topological polar surface area (TPSA) is 28.1 Å². The van der Waals surface area contributed by atoms with Crippen LogP contribution < -0.4 is 0 Å². The van der Waals surface area contributed by atoms with Gasteiger partial charge in [-0.2, -0.15) is 0 Å². The summed E-state index contributed by atoms with van der Waals surface area (Å²) in [6.45, 7) is 6.11. The maximum atomic E-state index is 13.8. The lowest BCUT2D eigenvalue weighted by Crippen LogP contribution is -2.32. The van der Waals surface area contributed by atoms with Gasteiger partial charge in [0.2, 0.25) is 5.90 Å². The molecular weight excluding hydrogens is 476 g/mol. The summed E-state index contributed by atoms with van der Waals surface area (Å²) in [6, 6.07) is 12.3. The monoisotopic (exact) mass is 503 g/mol. The zero-order chi connectivity index (χ0) is 22.5. The van der Waals surface area contributed by atoms with Crippen molar-refractivity contribution in [3.63, 3.8) is 0 Å². The van der Waals surface area contributed by atoms with Gasteiger partial charge in [0.05, 0.1) is 4.48 Å². The number of likely N-dealkylation sites (tertiary alicyclic amines) is 1. The Morgan fingerprint density at radius 3 is 2.38 bits per heavy atom. The standard InChI is InChI=1S/C25H28BrF2N3O/c1-18-29-25(32-17-21-9-10-22(27)13-24(21)28)23(26)16-31(18)15-20-7-5-19(6-8-20)14-30-11-3-2-4-12-30/h5-10,13,16,18H,2-4,11-12,14-15,17H2,1H3. The van der Waals surface area contributed by atoms with E-state index in [1.54, 1.807) is 0 Å². The van der Waals surface area contributed by atoms with E-state index in [9.17, 15) is 8.78 Å². The quantitative estimate of drug-likeness (QED) is 0.486. The third kappa shape index (κ3) is 5.95. The maximum Gasteiger partial charge on any atom is 0.227 e. The van der Waals surface area contributed by atoms with Crippen LogP contribution in [0.4, 0.5) is 8.78 Å². The highest BCUT2D eigenvalue weighted by molar-refractivity contribution is 9.12. The maximum absolute atomic E-state index is 13.8. The third-order valence-corrected chi connectivity index (χ3v) is 6.43. The van der Waals surface area contributed by atoms with Crippen LogP contribution in [0.3, 0.4) is 0 Å². The highest BCUT2D eigenvalue weighted by Gasteiger charge is 2.21. The number of benzene rings is 2. The van der Waals surface area contributed by atoms with Crippen molar-refractivity contribution >= 4 is 21.8 Å². The van der Waals surface area contributed by atoms with Crippen molar-refractivity contribution in [2.24, 2.45) is 4.99 Å². The van der Waals surface area contributed by atoms with Crippen LogP contribution >= 0.6 is 15.9 Å². The van der Waals surface area contributed by atoms with Gasteiger partial charge in [-0.1, -0.05) is 30.7 Å². The highest BCUT2D eigenvalue weighted by atomic mass is 79.9. The van der Waals surface area contributed by atoms with Crippen LogP contribution in [0.2, 0.25) is 0 Å². The van der Waals surface area contributed by atoms with Gasteiger partial charge >= 0.3 is 0 Å². The lowest BCUT2D eigenvalue weighted by molar-refractivity contribution is 0.221. The Hall–Kier alpha value is -2.25. The number of aliphatic imine (C=N–C) groups is 1. The molecule has 1 unspecified atom stereocenters. The number of hydrogen-bond acceptors (Lipinski definition) is 4. The molecule has 0 saturated carbocycles. The van der Waals surface area contributed by atoms with Crippen LogP contribution in [0.5, 0.6) is 0 Å². The smallest absolute Gasteiger partial charge is 0.227 e. The van der Waals surface area contributed by atoms with Gasteiger partial charge in [0.15, 0.2) is 0 Å². The number of hydrogen-bond donors (Lipinski definition) is 0. The van der Waals surface area contributed by atoms with Crippen molar-refractivity contribution in [1.82, 2.24) is 9.80 Å². The lowest BCUT2D eigenvalue weighted by atomic mass is 10.1. The molecular formula is C25H28BrF2N3O. The van der Waals surface area contributed by atoms with Crippen LogP contribution in [-0.2, 0) is 24.4 Å². The Labute approximate surface area is 196 Å². The van der Waals surface area contributed by atoms with E-state index in [1.165, 1.54) is 55.6 Å². The van der Waals surface area contributed by atoms with E-state index in [4.69, 9.17) is 4.74 Å². The molecule has 0 bridgehead atoms. The molecule has 2 aromatic carbocycles. The molecule has 2 aromatic rings. The summed E-state index contributed by atoms with van der Waals surface area (Å²) in [5, 5.41) is 0. The molecule has 7 heteroatoms. The molecule has 2 aliphatic rings. The molecule has 32 heavy (non-hydrogen) atoms. The van der Waals surface area contributed by atoms with Gasteiger partial charge < -0.3 is 9.64 Å². The number of rotatable bonds is 6. The fourth-order valence-corrected chi connectivity index (χ4v) is 4.50. The van der Waals surface area contributed by atoms with Crippen molar-refractivity contribution in [2.45, 2.75) is 52.0 Å². The Morgan fingerprint density at radius 1 is 1.00 bits per heavy atom. The number of piperidine rings is 1. The molecule has 1 fully saturated rings. The van der Waals surface area contributed by atoms with Crippen molar-refractivity contribution in [2.75, 3.05) is 13.1 Å². The highest BCUT2D eigenvalue weighted by Crippen LogP contribution is 2.23. The number of nitrogens with zero attached hydrogens (tertiary/aromatic N) is 3. The molecule has 2 heterocycles. The fraction of sp³-hybridized carbons (Fsp3) is 0.400. The SMILES string of the molecule is CC1N=C(OCc2ccc(F)cc2F)C(Br)=CN1Cc1ccc(CN2CCCCC2)cc1. The zero-order valence-corrected chi connectivity index (χ0v) is 19.8. The zero-order valence-electron chi connectivity index (χ0n) is 18.2. The minimum absolute atomic E-state index is 0.0148. The van der Waals surface area contributed by atoms with E-state index in [2.05, 4.69) is 55.0 Å². The van der Waals surface area contributed by atoms with Crippen LogP contribution in [0.15, 0.2) is 58.1 Å². The van der Waals surface area contributed by atoms with E-state index in [0.29, 0.717) is 10.4 Å². The van der Waals surface area contributed by atoms with E-state index < -0.39 is 11.6 Å². The summed E-state index contributed by atoms with van der Waals surface area (Å²) < 4.78 is 33.3. The summed E-state index contributed by atoms with van der Waals surface area (Å²) in [6.07, 6.45) is 5.78. The van der Waals surface area contributed by atoms with Gasteiger partial charge in [-0.3, -0.25) is 4.90 Å². The molecule has 0 aliphatic carbocycles. The van der Waals surface area contributed by atoms with Gasteiger partial charge in [-0.05, 0) is 72.0 Å². The van der Waals surface area contributed by atoms with E-state index in [0.717, 1.165) is 19.2 Å². The molecule has 2 aliphatic heterocycles. The van der Waals surface area contributed by atoms with Crippen molar-refractivity contribution in [3.8, 4) is 0 Å². The summed E-state index contributed by atoms with van der Waals surface area (Å²) in [5.74, 6) is -0.819. The predicted molar refractivity (Wildman–Crippen MR) is 126 cm³/mol. The minimum atomic E-state index is -0.625. The van der Waals surface area contributed by atoms with Gasteiger partial charge in [-0.25, -0.2) is 13.8 Å². The summed E-state index contributed by atoms with van der Waals surface area (Å²) in [7, 11) is 0. The molecule has 0 radical (unpaired) electrons. The predicted octanol–water partition coefficient (Wildman–Crippen LogP) is 5.96. The Kier molecular flexibility index (Phi) is 7.58. The second kappa shape index (κ2) is 10.6. The lowest BCUT2D eigenvalue weighted by Gasteiger charge is -2.30. The second-order valence-corrected chi connectivity index (χ2v) is 9.25. The van der Waals surface area contributed by atoms with Crippen molar-refractivity contribution in [1.29, 1.82) is 0 Å². The first-order valence-electron chi connectivity index (χ1n) is 11.1. The Balaban J connectivity index is 1.33. The first-order valence-corrected chi connectivity index (χ1v) is 11.9. The third-order valence-electron chi connectivity index (χ3n) is 5.89. The van der Waals surface area contributed by atoms with Gasteiger partial charge in [0, 0.05) is 30.9 Å². The van der Waals surface area contributed by atoms with E-state index in [-0.39, 0.29) is 18.3 Å². The average molecular weight is 504 g/mol. The van der Waals surface area contributed by atoms with Crippen LogP contribution in [0, 0.1) is 11.6 Å². The molecule has 0 N–H and O–H groups in total. The van der Waals surface area contributed by atoms with E-state index >= 15 is 0 Å². The van der Waals surface area contributed by atoms with Gasteiger partial charge in [0.1, 0.15) is 24.4 Å². The molecule has 170 valence electrons. The van der Waals surface area contributed by atoms with Crippen LogP contribution in [0.1, 0.15) is 42.9 Å². The van der Waals surface area contributed by atoms with Crippen LogP contribution in [-0.4, -0.2) is 35.0 Å². The molecule has 0 spiro atoms. The number of halogens is 3. The fourth-order valence-electron chi connectivity index (χ4n) is 4.02. The first kappa shape index (κ1) is 22.9. The Morgan fingerprint density at radius 2 is 1.69 bits per heavy atom.